The maximum atomic E-state index is 12.6. The predicted molar refractivity (Wildman–Crippen MR) is 109 cm³/mol. The molecule has 4 rings (SSSR count). The molecule has 6 heteroatoms. The lowest BCUT2D eigenvalue weighted by molar-refractivity contribution is -0.244. The Hall–Kier alpha value is -2.34. The van der Waals surface area contributed by atoms with Gasteiger partial charge in [-0.15, -0.1) is 0 Å². The molecular weight excluding hydrogens is 422 g/mol. The summed E-state index contributed by atoms with van der Waals surface area (Å²) in [5.41, 5.74) is 3.70. The summed E-state index contributed by atoms with van der Waals surface area (Å²) < 4.78 is 14.3. The zero-order chi connectivity index (χ0) is 19.9. The molecule has 1 aliphatic carbocycles. The molecular formula is C22H22BrNO4. The van der Waals surface area contributed by atoms with Gasteiger partial charge in [-0.1, -0.05) is 22.4 Å². The lowest BCUT2D eigenvalue weighted by Gasteiger charge is -2.38. The first kappa shape index (κ1) is 19.0. The van der Waals surface area contributed by atoms with E-state index < -0.39 is 17.7 Å². The molecule has 0 bridgehead atoms. The van der Waals surface area contributed by atoms with Crippen LogP contribution in [0.15, 0.2) is 40.4 Å². The minimum Gasteiger partial charge on any atom is -0.419 e. The second-order valence-corrected chi connectivity index (χ2v) is 8.36. The maximum absolute atomic E-state index is 12.6. The van der Waals surface area contributed by atoms with Gasteiger partial charge in [0, 0.05) is 34.4 Å². The monoisotopic (exact) mass is 443 g/mol. The first-order valence-corrected chi connectivity index (χ1v) is 10.3. The molecule has 2 heterocycles. The summed E-state index contributed by atoms with van der Waals surface area (Å²) in [5.74, 6) is -2.24. The van der Waals surface area contributed by atoms with E-state index in [2.05, 4.69) is 20.5 Å². The van der Waals surface area contributed by atoms with Crippen molar-refractivity contribution in [1.29, 1.82) is 0 Å². The Kier molecular flexibility index (Phi) is 4.91. The maximum Gasteiger partial charge on any atom is 0.348 e. The van der Waals surface area contributed by atoms with Crippen molar-refractivity contribution in [2.24, 2.45) is 0 Å². The molecule has 1 saturated heterocycles. The van der Waals surface area contributed by atoms with Crippen LogP contribution >= 0.6 is 15.9 Å². The number of nitrogens with zero attached hydrogens (tertiary/aromatic N) is 1. The SMILES string of the molecule is Cc1cc(C=C2C(=O)OC3(CCCCC3)OC2=O)c(C)n1-c1ccc(Br)cc1. The standard InChI is InChI=1S/C22H22BrNO4/c1-14-12-16(15(2)24(14)18-8-6-17(23)7-9-18)13-19-20(25)27-22(28-21(19)26)10-4-3-5-11-22/h6-9,12-13H,3-5,10-11H2,1-2H3. The van der Waals surface area contributed by atoms with Crippen LogP contribution in [0.2, 0.25) is 0 Å². The summed E-state index contributed by atoms with van der Waals surface area (Å²) in [5, 5.41) is 0. The summed E-state index contributed by atoms with van der Waals surface area (Å²) >= 11 is 3.45. The van der Waals surface area contributed by atoms with Gasteiger partial charge in [0.15, 0.2) is 0 Å². The normalized spacial score (nSPS) is 18.8. The average molecular weight is 444 g/mol. The van der Waals surface area contributed by atoms with Crippen molar-refractivity contribution in [2.75, 3.05) is 0 Å². The highest BCUT2D eigenvalue weighted by molar-refractivity contribution is 9.10. The van der Waals surface area contributed by atoms with Crippen LogP contribution in [0.25, 0.3) is 11.8 Å². The van der Waals surface area contributed by atoms with Crippen molar-refractivity contribution in [3.8, 4) is 5.69 Å². The van der Waals surface area contributed by atoms with Gasteiger partial charge in [0.25, 0.3) is 5.79 Å². The molecule has 1 aromatic heterocycles. The third-order valence-corrected chi connectivity index (χ3v) is 6.00. The summed E-state index contributed by atoms with van der Waals surface area (Å²) in [6.45, 7) is 3.95. The van der Waals surface area contributed by atoms with Crippen molar-refractivity contribution >= 4 is 33.9 Å². The van der Waals surface area contributed by atoms with Crippen LogP contribution in [0, 0.1) is 13.8 Å². The molecule has 2 aromatic rings. The molecule has 1 aromatic carbocycles. The zero-order valence-corrected chi connectivity index (χ0v) is 17.5. The second kappa shape index (κ2) is 7.24. The van der Waals surface area contributed by atoms with Crippen molar-refractivity contribution in [1.82, 2.24) is 4.57 Å². The van der Waals surface area contributed by atoms with Crippen LogP contribution in [0.1, 0.15) is 49.1 Å². The van der Waals surface area contributed by atoms with Gasteiger partial charge < -0.3 is 14.0 Å². The second-order valence-electron chi connectivity index (χ2n) is 7.45. The quantitative estimate of drug-likeness (QED) is 0.372. The number of carbonyl (C=O) groups excluding carboxylic acids is 2. The fourth-order valence-electron chi connectivity index (χ4n) is 4.04. The third kappa shape index (κ3) is 3.41. The van der Waals surface area contributed by atoms with Crippen molar-refractivity contribution in [3.63, 3.8) is 0 Å². The van der Waals surface area contributed by atoms with E-state index in [1.165, 1.54) is 0 Å². The largest absolute Gasteiger partial charge is 0.419 e. The van der Waals surface area contributed by atoms with Gasteiger partial charge in [0.2, 0.25) is 0 Å². The Morgan fingerprint density at radius 3 is 2.21 bits per heavy atom. The summed E-state index contributed by atoms with van der Waals surface area (Å²) in [7, 11) is 0. The van der Waals surface area contributed by atoms with E-state index in [9.17, 15) is 9.59 Å². The van der Waals surface area contributed by atoms with Gasteiger partial charge >= 0.3 is 11.9 Å². The number of aryl methyl sites for hydroxylation is 1. The molecule has 1 aliphatic heterocycles. The molecule has 0 amide bonds. The number of hydrogen-bond donors (Lipinski definition) is 0. The van der Waals surface area contributed by atoms with Crippen LogP contribution in [-0.4, -0.2) is 22.3 Å². The van der Waals surface area contributed by atoms with Gasteiger partial charge in [0.05, 0.1) is 0 Å². The predicted octanol–water partition coefficient (Wildman–Crippen LogP) is 5.00. The Morgan fingerprint density at radius 1 is 1.00 bits per heavy atom. The van der Waals surface area contributed by atoms with Gasteiger partial charge in [-0.2, -0.15) is 0 Å². The van der Waals surface area contributed by atoms with Crippen LogP contribution < -0.4 is 0 Å². The van der Waals surface area contributed by atoms with Gasteiger partial charge in [-0.3, -0.25) is 0 Å². The molecule has 2 fully saturated rings. The Balaban J connectivity index is 1.66. The van der Waals surface area contributed by atoms with E-state index in [0.717, 1.165) is 46.4 Å². The summed E-state index contributed by atoms with van der Waals surface area (Å²) in [6.07, 6.45) is 5.60. The van der Waals surface area contributed by atoms with E-state index in [-0.39, 0.29) is 5.57 Å². The smallest absolute Gasteiger partial charge is 0.348 e. The summed E-state index contributed by atoms with van der Waals surface area (Å²) in [6, 6.07) is 9.93. The van der Waals surface area contributed by atoms with Crippen LogP contribution in [0.5, 0.6) is 0 Å². The topological polar surface area (TPSA) is 57.5 Å². The molecule has 1 saturated carbocycles. The number of rotatable bonds is 2. The molecule has 5 nitrogen and oxygen atoms in total. The van der Waals surface area contributed by atoms with Gasteiger partial charge in [-0.05, 0) is 68.7 Å². The highest BCUT2D eigenvalue weighted by atomic mass is 79.9. The van der Waals surface area contributed by atoms with E-state index in [0.29, 0.717) is 12.8 Å². The fourth-order valence-corrected chi connectivity index (χ4v) is 4.31. The fraction of sp³-hybridized carbons (Fsp3) is 0.364. The number of aromatic nitrogens is 1. The number of ether oxygens (including phenoxy) is 2. The van der Waals surface area contributed by atoms with E-state index >= 15 is 0 Å². The van der Waals surface area contributed by atoms with Crippen molar-refractivity contribution in [2.45, 2.75) is 51.7 Å². The van der Waals surface area contributed by atoms with E-state index in [1.807, 2.05) is 44.2 Å². The van der Waals surface area contributed by atoms with Crippen LogP contribution in [-0.2, 0) is 19.1 Å². The van der Waals surface area contributed by atoms with Gasteiger partial charge in [-0.25, -0.2) is 9.59 Å². The van der Waals surface area contributed by atoms with Crippen molar-refractivity contribution < 1.29 is 19.1 Å². The minimum atomic E-state index is -1.06. The summed E-state index contributed by atoms with van der Waals surface area (Å²) in [4.78, 5) is 25.2. The highest BCUT2D eigenvalue weighted by Crippen LogP contribution is 2.37. The molecule has 0 N–H and O–H groups in total. The minimum absolute atomic E-state index is 0.0488. The first-order chi connectivity index (χ1) is 13.4. The number of hydrogen-bond acceptors (Lipinski definition) is 4. The Morgan fingerprint density at radius 2 is 1.61 bits per heavy atom. The molecule has 1 spiro atoms. The first-order valence-electron chi connectivity index (χ1n) is 9.52. The van der Waals surface area contributed by atoms with E-state index in [4.69, 9.17) is 9.47 Å². The highest BCUT2D eigenvalue weighted by Gasteiger charge is 2.46. The van der Waals surface area contributed by atoms with Crippen LogP contribution in [0.4, 0.5) is 0 Å². The van der Waals surface area contributed by atoms with Crippen molar-refractivity contribution in [3.05, 3.63) is 57.3 Å². The molecule has 28 heavy (non-hydrogen) atoms. The number of esters is 2. The van der Waals surface area contributed by atoms with Crippen LogP contribution in [0.3, 0.4) is 0 Å². The number of benzene rings is 1. The Labute approximate surface area is 172 Å². The Bertz CT molecular complexity index is 943. The third-order valence-electron chi connectivity index (χ3n) is 5.47. The lowest BCUT2D eigenvalue weighted by atomic mass is 9.93. The molecule has 0 atom stereocenters. The lowest BCUT2D eigenvalue weighted by Crippen LogP contribution is -2.47. The molecule has 0 unspecified atom stereocenters. The van der Waals surface area contributed by atoms with E-state index in [1.54, 1.807) is 6.08 Å². The average Bonchev–Trinajstić information content (AvgIpc) is 2.93. The number of carbonyl (C=O) groups is 2. The molecule has 2 aliphatic rings. The molecule has 0 radical (unpaired) electrons. The zero-order valence-electron chi connectivity index (χ0n) is 16.0. The van der Waals surface area contributed by atoms with Gasteiger partial charge in [0.1, 0.15) is 5.57 Å². The molecule has 146 valence electrons. The number of halogens is 1.